The highest BCUT2D eigenvalue weighted by Gasteiger charge is 2.23. The van der Waals surface area contributed by atoms with E-state index in [1.165, 1.54) is 0 Å². The van der Waals surface area contributed by atoms with Gasteiger partial charge in [-0.05, 0) is 61.4 Å². The monoisotopic (exact) mass is 434 g/mol. The molecule has 0 aliphatic carbocycles. The van der Waals surface area contributed by atoms with Gasteiger partial charge in [0, 0.05) is 35.4 Å². The predicted octanol–water partition coefficient (Wildman–Crippen LogP) is 4.55. The number of benzene rings is 2. The predicted molar refractivity (Wildman–Crippen MR) is 116 cm³/mol. The Kier molecular flexibility index (Phi) is 7.81. The number of nitrogens with one attached hydrogen (secondary N) is 1. The molecule has 2 aromatic carbocycles. The molecule has 1 heterocycles. The van der Waals surface area contributed by atoms with Crippen molar-refractivity contribution in [2.45, 2.75) is 18.9 Å². The molecule has 1 aliphatic heterocycles. The van der Waals surface area contributed by atoms with Gasteiger partial charge < -0.3 is 14.8 Å². The number of halogens is 2. The Morgan fingerprint density at radius 1 is 1.07 bits per heavy atom. The van der Waals surface area contributed by atoms with Crippen LogP contribution in [-0.2, 0) is 4.79 Å². The average molecular weight is 435 g/mol. The second kappa shape index (κ2) is 10.5. The van der Waals surface area contributed by atoms with Crippen LogP contribution in [0.15, 0.2) is 60.8 Å². The number of carbonyl (C=O) groups excluding carboxylic acids is 1. The summed E-state index contributed by atoms with van der Waals surface area (Å²) < 4.78 is 11.4. The van der Waals surface area contributed by atoms with Crippen molar-refractivity contribution in [3.05, 3.63) is 70.9 Å². The van der Waals surface area contributed by atoms with Crippen molar-refractivity contribution in [3.63, 3.8) is 0 Å². The Morgan fingerprint density at radius 3 is 2.34 bits per heavy atom. The SMILES string of the molecule is C=C(CCN1CC[C@H](Oc2ccc(Cl)cc2)C1)NC(=O)COc1ccc(Cl)cc1. The van der Waals surface area contributed by atoms with Gasteiger partial charge in [-0.2, -0.15) is 0 Å². The Balaban J connectivity index is 1.32. The van der Waals surface area contributed by atoms with Crippen LogP contribution in [0.1, 0.15) is 12.8 Å². The van der Waals surface area contributed by atoms with Crippen LogP contribution in [0.25, 0.3) is 0 Å². The summed E-state index contributed by atoms with van der Waals surface area (Å²) in [5, 5.41) is 4.11. The van der Waals surface area contributed by atoms with E-state index in [9.17, 15) is 4.79 Å². The Hall–Kier alpha value is -2.21. The Bertz CT molecular complexity index is 825. The van der Waals surface area contributed by atoms with Crippen LogP contribution in [0.4, 0.5) is 0 Å². The molecule has 1 amide bonds. The normalized spacial score (nSPS) is 16.4. The van der Waals surface area contributed by atoms with Gasteiger partial charge in [0.05, 0.1) is 0 Å². The fraction of sp³-hybridized carbons (Fsp3) is 0.318. The Morgan fingerprint density at radius 2 is 1.69 bits per heavy atom. The molecule has 1 atom stereocenters. The first-order valence-corrected chi connectivity index (χ1v) is 10.2. The molecule has 0 bridgehead atoms. The van der Waals surface area contributed by atoms with E-state index in [0.717, 1.165) is 31.8 Å². The van der Waals surface area contributed by atoms with Gasteiger partial charge in [0.25, 0.3) is 5.91 Å². The molecule has 0 saturated carbocycles. The molecular weight excluding hydrogens is 411 g/mol. The molecule has 1 fully saturated rings. The maximum Gasteiger partial charge on any atom is 0.262 e. The molecule has 0 radical (unpaired) electrons. The highest BCUT2D eigenvalue weighted by atomic mass is 35.5. The van der Waals surface area contributed by atoms with Crippen LogP contribution < -0.4 is 14.8 Å². The second-order valence-corrected chi connectivity index (χ2v) is 7.80. The van der Waals surface area contributed by atoms with Gasteiger partial charge in [-0.15, -0.1) is 0 Å². The van der Waals surface area contributed by atoms with E-state index in [0.29, 0.717) is 27.9 Å². The highest BCUT2D eigenvalue weighted by molar-refractivity contribution is 6.30. The van der Waals surface area contributed by atoms with Crippen LogP contribution in [-0.4, -0.2) is 43.2 Å². The van der Waals surface area contributed by atoms with Crippen molar-refractivity contribution in [2.24, 2.45) is 0 Å². The zero-order chi connectivity index (χ0) is 20.6. The van der Waals surface area contributed by atoms with Crippen LogP contribution >= 0.6 is 23.2 Å². The number of likely N-dealkylation sites (tertiary alicyclic amines) is 1. The van der Waals surface area contributed by atoms with Crippen LogP contribution in [0.5, 0.6) is 11.5 Å². The van der Waals surface area contributed by atoms with E-state index in [4.69, 9.17) is 32.7 Å². The standard InChI is InChI=1S/C22H24Cl2N2O3/c1-16(25-22(27)15-28-19-6-2-17(23)3-7-19)10-12-26-13-11-21(14-26)29-20-8-4-18(24)5-9-20/h2-9,21H,1,10-15H2,(H,25,27)/t21-/m0/s1. The van der Waals surface area contributed by atoms with E-state index in [1.807, 2.05) is 24.3 Å². The van der Waals surface area contributed by atoms with E-state index in [-0.39, 0.29) is 18.6 Å². The van der Waals surface area contributed by atoms with E-state index < -0.39 is 0 Å². The van der Waals surface area contributed by atoms with E-state index in [1.54, 1.807) is 24.3 Å². The number of nitrogens with zero attached hydrogens (tertiary/aromatic N) is 1. The van der Waals surface area contributed by atoms with Gasteiger partial charge >= 0.3 is 0 Å². The van der Waals surface area contributed by atoms with Crippen LogP contribution in [0, 0.1) is 0 Å². The molecule has 7 heteroatoms. The Labute approximate surface area is 181 Å². The van der Waals surface area contributed by atoms with Crippen molar-refractivity contribution in [1.82, 2.24) is 10.2 Å². The lowest BCUT2D eigenvalue weighted by Gasteiger charge is -2.18. The van der Waals surface area contributed by atoms with Crippen molar-refractivity contribution in [1.29, 1.82) is 0 Å². The average Bonchev–Trinajstić information content (AvgIpc) is 3.15. The molecule has 5 nitrogen and oxygen atoms in total. The van der Waals surface area contributed by atoms with Crippen LogP contribution in [0.3, 0.4) is 0 Å². The lowest BCUT2D eigenvalue weighted by Crippen LogP contribution is -2.31. The summed E-state index contributed by atoms with van der Waals surface area (Å²) in [6, 6.07) is 14.3. The topological polar surface area (TPSA) is 50.8 Å². The number of hydrogen-bond donors (Lipinski definition) is 1. The summed E-state index contributed by atoms with van der Waals surface area (Å²) in [6.07, 6.45) is 1.81. The van der Waals surface area contributed by atoms with Crippen molar-refractivity contribution in [3.8, 4) is 11.5 Å². The number of carbonyl (C=O) groups is 1. The quantitative estimate of drug-likeness (QED) is 0.628. The third kappa shape index (κ3) is 7.28. The van der Waals surface area contributed by atoms with Crippen molar-refractivity contribution in [2.75, 3.05) is 26.2 Å². The largest absolute Gasteiger partial charge is 0.489 e. The third-order valence-electron chi connectivity index (χ3n) is 4.58. The zero-order valence-corrected chi connectivity index (χ0v) is 17.6. The van der Waals surface area contributed by atoms with Gasteiger partial charge in [-0.1, -0.05) is 29.8 Å². The molecule has 154 valence electrons. The van der Waals surface area contributed by atoms with Gasteiger partial charge in [0.1, 0.15) is 17.6 Å². The lowest BCUT2D eigenvalue weighted by molar-refractivity contribution is -0.122. The van der Waals surface area contributed by atoms with Gasteiger partial charge in [-0.3, -0.25) is 9.69 Å². The van der Waals surface area contributed by atoms with Gasteiger partial charge in [0.15, 0.2) is 6.61 Å². The number of amides is 1. The highest BCUT2D eigenvalue weighted by Crippen LogP contribution is 2.21. The molecule has 2 aromatic rings. The first-order valence-electron chi connectivity index (χ1n) is 9.48. The minimum absolute atomic E-state index is 0.0681. The third-order valence-corrected chi connectivity index (χ3v) is 5.08. The minimum Gasteiger partial charge on any atom is -0.489 e. The van der Waals surface area contributed by atoms with E-state index >= 15 is 0 Å². The molecule has 0 aromatic heterocycles. The maximum atomic E-state index is 12.0. The lowest BCUT2D eigenvalue weighted by atomic mass is 10.3. The summed E-state index contributed by atoms with van der Waals surface area (Å²) in [5.41, 5.74) is 0.678. The second-order valence-electron chi connectivity index (χ2n) is 6.93. The fourth-order valence-electron chi connectivity index (χ4n) is 3.07. The first kappa shape index (κ1) is 21.5. The summed E-state index contributed by atoms with van der Waals surface area (Å²) in [5.74, 6) is 1.20. The molecule has 1 aliphatic rings. The number of rotatable bonds is 9. The number of hydrogen-bond acceptors (Lipinski definition) is 4. The molecule has 0 spiro atoms. The number of ether oxygens (including phenoxy) is 2. The summed E-state index contributed by atoms with van der Waals surface area (Å²) in [7, 11) is 0. The molecule has 29 heavy (non-hydrogen) atoms. The molecule has 1 saturated heterocycles. The summed E-state index contributed by atoms with van der Waals surface area (Å²) in [4.78, 5) is 14.3. The summed E-state index contributed by atoms with van der Waals surface area (Å²) >= 11 is 11.7. The van der Waals surface area contributed by atoms with Crippen LogP contribution in [0.2, 0.25) is 10.0 Å². The fourth-order valence-corrected chi connectivity index (χ4v) is 3.32. The summed E-state index contributed by atoms with van der Waals surface area (Å²) in [6.45, 7) is 6.50. The van der Waals surface area contributed by atoms with E-state index in [2.05, 4.69) is 16.8 Å². The minimum atomic E-state index is -0.227. The van der Waals surface area contributed by atoms with Crippen molar-refractivity contribution >= 4 is 29.1 Å². The molecular formula is C22H24Cl2N2O3. The van der Waals surface area contributed by atoms with Gasteiger partial charge in [-0.25, -0.2) is 0 Å². The smallest absolute Gasteiger partial charge is 0.262 e. The van der Waals surface area contributed by atoms with Crippen molar-refractivity contribution < 1.29 is 14.3 Å². The molecule has 1 N–H and O–H groups in total. The molecule has 0 unspecified atom stereocenters. The zero-order valence-electron chi connectivity index (χ0n) is 16.1. The van der Waals surface area contributed by atoms with Gasteiger partial charge in [0.2, 0.25) is 0 Å². The maximum absolute atomic E-state index is 12.0. The first-order chi connectivity index (χ1) is 14.0. The molecule has 3 rings (SSSR count).